The smallest absolute Gasteiger partial charge is 0.317 e. The summed E-state index contributed by atoms with van der Waals surface area (Å²) in [4.78, 5) is 16.5. The van der Waals surface area contributed by atoms with Gasteiger partial charge in [0.15, 0.2) is 5.79 Å². The molecule has 0 aromatic carbocycles. The first-order valence-corrected chi connectivity index (χ1v) is 9.09. The number of carbonyl (C=O) groups excluding carboxylic acids is 1. The van der Waals surface area contributed by atoms with Gasteiger partial charge in [0, 0.05) is 38.5 Å². The lowest BCUT2D eigenvalue weighted by atomic mass is 9.94. The lowest BCUT2D eigenvalue weighted by Crippen LogP contribution is -2.51. The maximum atomic E-state index is 12.4. The van der Waals surface area contributed by atoms with Gasteiger partial charge in [-0.15, -0.1) is 0 Å². The molecule has 2 aliphatic heterocycles. The molecule has 1 N–H and O–H groups in total. The Kier molecular flexibility index (Phi) is 5.44. The first-order valence-electron chi connectivity index (χ1n) is 9.09. The van der Waals surface area contributed by atoms with Crippen molar-refractivity contribution in [3.63, 3.8) is 0 Å². The van der Waals surface area contributed by atoms with Gasteiger partial charge < -0.3 is 24.6 Å². The van der Waals surface area contributed by atoms with Gasteiger partial charge in [-0.25, -0.2) is 4.79 Å². The SMILES string of the molecule is CN(C)C1CCCN(C(=O)NCC2COC3(CCCCC3)O2)C1. The summed E-state index contributed by atoms with van der Waals surface area (Å²) in [6.45, 7) is 2.80. The normalized spacial score (nSPS) is 30.8. The summed E-state index contributed by atoms with van der Waals surface area (Å²) in [6.07, 6.45) is 7.85. The van der Waals surface area contributed by atoms with Gasteiger partial charge in [-0.05, 0) is 39.8 Å². The first-order chi connectivity index (χ1) is 11.1. The molecule has 3 fully saturated rings. The average Bonchev–Trinajstić information content (AvgIpc) is 2.96. The van der Waals surface area contributed by atoms with E-state index in [1.54, 1.807) is 0 Å². The second-order valence-corrected chi connectivity index (χ2v) is 7.41. The molecular formula is C17H31N3O3. The molecule has 132 valence electrons. The van der Waals surface area contributed by atoms with Crippen molar-refractivity contribution in [2.45, 2.75) is 62.9 Å². The number of hydrogen-bond donors (Lipinski definition) is 1. The van der Waals surface area contributed by atoms with Crippen molar-refractivity contribution >= 4 is 6.03 Å². The van der Waals surface area contributed by atoms with E-state index < -0.39 is 0 Å². The summed E-state index contributed by atoms with van der Waals surface area (Å²) in [7, 11) is 4.17. The predicted molar refractivity (Wildman–Crippen MR) is 88.3 cm³/mol. The average molecular weight is 325 g/mol. The first kappa shape index (κ1) is 17.0. The van der Waals surface area contributed by atoms with Gasteiger partial charge >= 0.3 is 6.03 Å². The van der Waals surface area contributed by atoms with Crippen molar-refractivity contribution in [2.24, 2.45) is 0 Å². The fourth-order valence-corrected chi connectivity index (χ4v) is 3.94. The largest absolute Gasteiger partial charge is 0.347 e. The molecule has 0 aromatic rings. The molecule has 1 spiro atoms. The van der Waals surface area contributed by atoms with Gasteiger partial charge in [0.2, 0.25) is 0 Å². The van der Waals surface area contributed by atoms with Crippen molar-refractivity contribution in [3.05, 3.63) is 0 Å². The fraction of sp³-hybridized carbons (Fsp3) is 0.941. The molecular weight excluding hydrogens is 294 g/mol. The zero-order valence-corrected chi connectivity index (χ0v) is 14.6. The predicted octanol–water partition coefficient (Wildman–Crippen LogP) is 1.80. The number of piperidine rings is 1. The van der Waals surface area contributed by atoms with Crippen molar-refractivity contribution in [3.8, 4) is 0 Å². The lowest BCUT2D eigenvalue weighted by molar-refractivity contribution is -0.186. The van der Waals surface area contributed by atoms with Crippen LogP contribution in [0.25, 0.3) is 0 Å². The van der Waals surface area contributed by atoms with E-state index in [0.29, 0.717) is 19.2 Å². The third kappa shape index (κ3) is 4.17. The number of nitrogens with one attached hydrogen (secondary N) is 1. The molecule has 2 atom stereocenters. The molecule has 6 heteroatoms. The van der Waals surface area contributed by atoms with E-state index in [4.69, 9.17) is 9.47 Å². The molecule has 2 saturated heterocycles. The summed E-state index contributed by atoms with van der Waals surface area (Å²) in [5.74, 6) is -0.352. The Bertz CT molecular complexity index is 410. The third-order valence-electron chi connectivity index (χ3n) is 5.42. The number of carbonyl (C=O) groups is 1. The Labute approximate surface area is 139 Å². The van der Waals surface area contributed by atoms with Crippen LogP contribution in [0.15, 0.2) is 0 Å². The molecule has 2 unspecified atom stereocenters. The van der Waals surface area contributed by atoms with Crippen LogP contribution in [-0.4, -0.2) is 74.1 Å². The van der Waals surface area contributed by atoms with Gasteiger partial charge in [-0.1, -0.05) is 6.42 Å². The number of rotatable bonds is 3. The van der Waals surface area contributed by atoms with Crippen molar-refractivity contribution in [1.82, 2.24) is 15.1 Å². The van der Waals surface area contributed by atoms with E-state index in [2.05, 4.69) is 24.3 Å². The van der Waals surface area contributed by atoms with Gasteiger partial charge in [0.05, 0.1) is 6.61 Å². The molecule has 2 amide bonds. The second-order valence-electron chi connectivity index (χ2n) is 7.41. The van der Waals surface area contributed by atoms with Gasteiger partial charge in [-0.3, -0.25) is 0 Å². The Balaban J connectivity index is 1.42. The molecule has 1 aliphatic carbocycles. The minimum absolute atomic E-state index is 0.00788. The number of likely N-dealkylation sites (N-methyl/N-ethyl adjacent to an activating group) is 1. The summed E-state index contributed by atoms with van der Waals surface area (Å²) >= 11 is 0. The van der Waals surface area contributed by atoms with Crippen LogP contribution in [0.5, 0.6) is 0 Å². The van der Waals surface area contributed by atoms with Crippen molar-refractivity contribution in [2.75, 3.05) is 40.3 Å². The van der Waals surface area contributed by atoms with E-state index in [1.165, 1.54) is 25.7 Å². The maximum Gasteiger partial charge on any atom is 0.317 e. The van der Waals surface area contributed by atoms with Gasteiger partial charge in [0.25, 0.3) is 0 Å². The minimum atomic E-state index is -0.352. The number of amides is 2. The number of ether oxygens (including phenoxy) is 2. The van der Waals surface area contributed by atoms with E-state index in [9.17, 15) is 4.79 Å². The Hall–Kier alpha value is -0.850. The zero-order valence-electron chi connectivity index (χ0n) is 14.6. The number of likely N-dealkylation sites (tertiary alicyclic amines) is 1. The molecule has 1 saturated carbocycles. The highest BCUT2D eigenvalue weighted by molar-refractivity contribution is 5.74. The van der Waals surface area contributed by atoms with Gasteiger partial charge in [-0.2, -0.15) is 0 Å². The van der Waals surface area contributed by atoms with Crippen LogP contribution >= 0.6 is 0 Å². The molecule has 2 heterocycles. The molecule has 6 nitrogen and oxygen atoms in total. The quantitative estimate of drug-likeness (QED) is 0.860. The standard InChI is InChI=1S/C17H31N3O3/c1-19(2)14-7-6-10-20(12-14)16(21)18-11-15-13-22-17(23-15)8-4-3-5-9-17/h14-15H,3-13H2,1-2H3,(H,18,21). The molecule has 0 radical (unpaired) electrons. The van der Waals surface area contributed by atoms with Crippen LogP contribution in [-0.2, 0) is 9.47 Å². The number of urea groups is 1. The summed E-state index contributed by atoms with van der Waals surface area (Å²) < 4.78 is 12.0. The molecule has 0 bridgehead atoms. The highest BCUT2D eigenvalue weighted by Crippen LogP contribution is 2.37. The Morgan fingerprint density at radius 3 is 2.78 bits per heavy atom. The molecule has 0 aromatic heterocycles. The monoisotopic (exact) mass is 325 g/mol. The minimum Gasteiger partial charge on any atom is -0.347 e. The van der Waals surface area contributed by atoms with Crippen LogP contribution in [0.3, 0.4) is 0 Å². The molecule has 3 aliphatic rings. The van der Waals surface area contributed by atoms with Crippen molar-refractivity contribution in [1.29, 1.82) is 0 Å². The maximum absolute atomic E-state index is 12.4. The highest BCUT2D eigenvalue weighted by Gasteiger charge is 2.42. The highest BCUT2D eigenvalue weighted by atomic mass is 16.7. The third-order valence-corrected chi connectivity index (χ3v) is 5.42. The van der Waals surface area contributed by atoms with Crippen LogP contribution < -0.4 is 5.32 Å². The van der Waals surface area contributed by atoms with E-state index >= 15 is 0 Å². The van der Waals surface area contributed by atoms with E-state index in [1.807, 2.05) is 4.90 Å². The number of hydrogen-bond acceptors (Lipinski definition) is 4. The molecule has 3 rings (SSSR count). The van der Waals surface area contributed by atoms with Gasteiger partial charge in [0.1, 0.15) is 6.10 Å². The zero-order chi connectivity index (χ0) is 16.3. The van der Waals surface area contributed by atoms with E-state index in [-0.39, 0.29) is 17.9 Å². The fourth-order valence-electron chi connectivity index (χ4n) is 3.94. The van der Waals surface area contributed by atoms with E-state index in [0.717, 1.165) is 32.4 Å². The summed E-state index contributed by atoms with van der Waals surface area (Å²) in [5, 5.41) is 3.04. The summed E-state index contributed by atoms with van der Waals surface area (Å²) in [6, 6.07) is 0.496. The number of nitrogens with zero attached hydrogens (tertiary/aromatic N) is 2. The summed E-state index contributed by atoms with van der Waals surface area (Å²) in [5.41, 5.74) is 0. The lowest BCUT2D eigenvalue weighted by Gasteiger charge is -2.36. The Morgan fingerprint density at radius 1 is 1.26 bits per heavy atom. The van der Waals surface area contributed by atoms with Crippen LogP contribution in [0.4, 0.5) is 4.79 Å². The Morgan fingerprint density at radius 2 is 2.04 bits per heavy atom. The second kappa shape index (κ2) is 7.36. The van der Waals surface area contributed by atoms with Crippen molar-refractivity contribution < 1.29 is 14.3 Å². The van der Waals surface area contributed by atoms with Crippen LogP contribution in [0.2, 0.25) is 0 Å². The topological polar surface area (TPSA) is 54.0 Å². The van der Waals surface area contributed by atoms with Crippen LogP contribution in [0, 0.1) is 0 Å². The molecule has 23 heavy (non-hydrogen) atoms. The van der Waals surface area contributed by atoms with Crippen LogP contribution in [0.1, 0.15) is 44.9 Å².